The Kier molecular flexibility index (Phi) is 10.2. The summed E-state index contributed by atoms with van der Waals surface area (Å²) in [4.78, 5) is 33.5. The van der Waals surface area contributed by atoms with Gasteiger partial charge in [-0.25, -0.2) is 9.59 Å². The van der Waals surface area contributed by atoms with Gasteiger partial charge in [0.25, 0.3) is 0 Å². The van der Waals surface area contributed by atoms with Crippen LogP contribution in [0.25, 0.3) is 0 Å². The molecule has 2 amide bonds. The van der Waals surface area contributed by atoms with Gasteiger partial charge in [-0.2, -0.15) is 0 Å². The Hall–Kier alpha value is -1.21. The zero-order chi connectivity index (χ0) is 18.4. The number of esters is 1. The smallest absolute Gasteiger partial charge is 0.547 e. The molecule has 1 heterocycles. The summed E-state index contributed by atoms with van der Waals surface area (Å²) in [7, 11) is 0. The summed E-state index contributed by atoms with van der Waals surface area (Å²) < 4.78 is 9.52. The number of amides is 2. The second-order valence-corrected chi connectivity index (χ2v) is 5.08. The number of aliphatic carboxylic acids is 1. The normalized spacial score (nSPS) is 28.2. The fraction of sp³-hybridized carbons (Fsp3) is 0.615. The molecule has 1 saturated heterocycles. The number of carboxylic acid groups (broad SMARTS) is 1. The largest absolute Gasteiger partial charge is 1.00 e. The summed E-state index contributed by atoms with van der Waals surface area (Å²) in [5.74, 6) is -2.44. The van der Waals surface area contributed by atoms with E-state index in [9.17, 15) is 34.8 Å². The van der Waals surface area contributed by atoms with Gasteiger partial charge in [0.15, 0.2) is 6.23 Å². The van der Waals surface area contributed by atoms with Gasteiger partial charge in [-0.05, 0) is 6.92 Å². The van der Waals surface area contributed by atoms with Crippen molar-refractivity contribution in [2.75, 3.05) is 13.2 Å². The molecular formula is C13H19N2NaO9. The van der Waals surface area contributed by atoms with E-state index in [2.05, 4.69) is 17.2 Å². The summed E-state index contributed by atoms with van der Waals surface area (Å²) in [5, 5.41) is 43.9. The number of hydrogen-bond acceptors (Lipinski definition) is 9. The molecule has 0 aromatic carbocycles. The van der Waals surface area contributed by atoms with Crippen LogP contribution in [0.15, 0.2) is 12.2 Å². The molecule has 0 aliphatic carbocycles. The van der Waals surface area contributed by atoms with E-state index >= 15 is 0 Å². The van der Waals surface area contributed by atoms with Crippen LogP contribution in [0.4, 0.5) is 4.79 Å². The fourth-order valence-corrected chi connectivity index (χ4v) is 1.81. The number of aliphatic hydroxyl groups is 3. The number of aliphatic hydroxyl groups excluding tert-OH is 3. The predicted molar refractivity (Wildman–Crippen MR) is 74.0 cm³/mol. The van der Waals surface area contributed by atoms with Crippen LogP contribution in [0.1, 0.15) is 6.92 Å². The van der Waals surface area contributed by atoms with Crippen molar-refractivity contribution in [3.63, 3.8) is 0 Å². The SMILES string of the molecule is C=C(C)C(=O)OCCNC(=O)N[C@@H]1O[C@H](C(=O)[O-])[C@@H](O)[C@H](O)[C@H]1O.[Na+]. The van der Waals surface area contributed by atoms with E-state index < -0.39 is 48.6 Å². The molecule has 0 saturated carbocycles. The van der Waals surface area contributed by atoms with Crippen LogP contribution in [0.2, 0.25) is 0 Å². The summed E-state index contributed by atoms with van der Waals surface area (Å²) in [5.41, 5.74) is 0.194. The molecule has 1 fully saturated rings. The Morgan fingerprint density at radius 2 is 1.80 bits per heavy atom. The molecule has 0 aromatic rings. The second kappa shape index (κ2) is 10.7. The van der Waals surface area contributed by atoms with Crippen molar-refractivity contribution in [1.82, 2.24) is 10.6 Å². The maximum atomic E-state index is 11.6. The zero-order valence-corrected chi connectivity index (χ0v) is 15.8. The molecule has 0 bridgehead atoms. The number of hydrogen-bond donors (Lipinski definition) is 5. The Balaban J connectivity index is 0.00000576. The molecule has 0 spiro atoms. The van der Waals surface area contributed by atoms with Crippen LogP contribution < -0.4 is 45.3 Å². The van der Waals surface area contributed by atoms with Gasteiger partial charge in [0, 0.05) is 5.57 Å². The number of carbonyl (C=O) groups excluding carboxylic acids is 3. The summed E-state index contributed by atoms with van der Waals surface area (Å²) >= 11 is 0. The summed E-state index contributed by atoms with van der Waals surface area (Å²) in [6.07, 6.45) is -9.05. The van der Waals surface area contributed by atoms with E-state index in [1.54, 1.807) is 0 Å². The molecule has 25 heavy (non-hydrogen) atoms. The van der Waals surface area contributed by atoms with E-state index in [-0.39, 0.29) is 48.3 Å². The standard InChI is InChI=1S/C13H20N2O9.Na/c1-5(2)12(21)23-4-3-14-13(22)15-10-8(18)6(16)7(17)9(24-10)11(19)20;/h6-10,16-18H,1,3-4H2,2H3,(H,19,20)(H2,14,15,22);/q;+1/p-1/t6-,7-,8+,9-,10+;/m0./s1. The molecule has 136 valence electrons. The van der Waals surface area contributed by atoms with E-state index in [0.29, 0.717) is 0 Å². The van der Waals surface area contributed by atoms with Gasteiger partial charge in [-0.3, -0.25) is 0 Å². The van der Waals surface area contributed by atoms with Crippen molar-refractivity contribution in [3.05, 3.63) is 12.2 Å². The number of rotatable bonds is 6. The molecule has 0 aromatic heterocycles. The van der Waals surface area contributed by atoms with E-state index in [0.717, 1.165) is 0 Å². The minimum absolute atomic E-state index is 0. The number of carbonyl (C=O) groups is 3. The molecule has 1 rings (SSSR count). The van der Waals surface area contributed by atoms with Crippen molar-refractivity contribution in [1.29, 1.82) is 0 Å². The third-order valence-corrected chi connectivity index (χ3v) is 3.09. The summed E-state index contributed by atoms with van der Waals surface area (Å²) in [6.45, 7) is 4.61. The molecule has 0 radical (unpaired) electrons. The third-order valence-electron chi connectivity index (χ3n) is 3.09. The fourth-order valence-electron chi connectivity index (χ4n) is 1.81. The topological polar surface area (TPSA) is 177 Å². The second-order valence-electron chi connectivity index (χ2n) is 5.08. The van der Waals surface area contributed by atoms with Gasteiger partial charge in [0.1, 0.15) is 31.0 Å². The Morgan fingerprint density at radius 3 is 2.32 bits per heavy atom. The van der Waals surface area contributed by atoms with Crippen LogP contribution in [-0.2, 0) is 19.1 Å². The van der Waals surface area contributed by atoms with Gasteiger partial charge < -0.3 is 45.3 Å². The monoisotopic (exact) mass is 370 g/mol. The molecule has 1 aliphatic rings. The van der Waals surface area contributed by atoms with Crippen molar-refractivity contribution in [3.8, 4) is 0 Å². The van der Waals surface area contributed by atoms with Crippen molar-refractivity contribution < 1.29 is 73.8 Å². The number of urea groups is 1. The Labute approximate surface area is 165 Å². The Bertz CT molecular complexity index is 516. The number of nitrogens with one attached hydrogen (secondary N) is 2. The van der Waals surface area contributed by atoms with E-state index in [1.807, 2.05) is 0 Å². The van der Waals surface area contributed by atoms with Crippen LogP contribution in [-0.4, -0.2) is 77.1 Å². The summed E-state index contributed by atoms with van der Waals surface area (Å²) in [6, 6.07) is -0.883. The Morgan fingerprint density at radius 1 is 1.20 bits per heavy atom. The zero-order valence-electron chi connectivity index (χ0n) is 13.8. The van der Waals surface area contributed by atoms with E-state index in [4.69, 9.17) is 9.47 Å². The number of ether oxygens (including phenoxy) is 2. The van der Waals surface area contributed by atoms with Gasteiger partial charge in [0.2, 0.25) is 0 Å². The average molecular weight is 370 g/mol. The van der Waals surface area contributed by atoms with Gasteiger partial charge in [-0.15, -0.1) is 0 Å². The van der Waals surface area contributed by atoms with Gasteiger partial charge in [-0.1, -0.05) is 6.58 Å². The first-order valence-electron chi connectivity index (χ1n) is 6.92. The maximum Gasteiger partial charge on any atom is 1.00 e. The van der Waals surface area contributed by atoms with E-state index in [1.165, 1.54) is 6.92 Å². The molecule has 12 heteroatoms. The van der Waals surface area contributed by atoms with Crippen LogP contribution in [0.3, 0.4) is 0 Å². The quantitative estimate of drug-likeness (QED) is 0.131. The molecule has 0 unspecified atom stereocenters. The van der Waals surface area contributed by atoms with Gasteiger partial charge >= 0.3 is 41.6 Å². The third kappa shape index (κ3) is 6.90. The van der Waals surface area contributed by atoms with Crippen molar-refractivity contribution >= 4 is 18.0 Å². The minimum atomic E-state index is -1.93. The van der Waals surface area contributed by atoms with Crippen LogP contribution in [0.5, 0.6) is 0 Å². The van der Waals surface area contributed by atoms with Gasteiger partial charge in [0.05, 0.1) is 12.5 Å². The minimum Gasteiger partial charge on any atom is -0.547 e. The molecule has 1 aliphatic heterocycles. The van der Waals surface area contributed by atoms with Crippen LogP contribution in [0, 0.1) is 0 Å². The predicted octanol–water partition coefficient (Wildman–Crippen LogP) is -7.03. The molecule has 5 atom stereocenters. The first kappa shape index (κ1) is 23.8. The number of carboxylic acids is 1. The molecule has 11 nitrogen and oxygen atoms in total. The van der Waals surface area contributed by atoms with Crippen molar-refractivity contribution in [2.45, 2.75) is 37.6 Å². The molecular weight excluding hydrogens is 351 g/mol. The average Bonchev–Trinajstić information content (AvgIpc) is 2.51. The first-order chi connectivity index (χ1) is 11.1. The molecule has 5 N–H and O–H groups in total. The first-order valence-corrected chi connectivity index (χ1v) is 6.92. The van der Waals surface area contributed by atoms with Crippen LogP contribution >= 0.6 is 0 Å². The maximum absolute atomic E-state index is 11.6. The van der Waals surface area contributed by atoms with Crippen molar-refractivity contribution in [2.24, 2.45) is 0 Å².